The topological polar surface area (TPSA) is 21.7 Å². The minimum absolute atomic E-state index is 0. The van der Waals surface area contributed by atoms with Crippen LogP contribution in [0.1, 0.15) is 0 Å². The molecule has 1 aliphatic rings. The zero-order valence-electron chi connectivity index (χ0n) is 11.5. The predicted octanol–water partition coefficient (Wildman–Crippen LogP) is -1.54. The number of halogens is 3. The van der Waals surface area contributed by atoms with Gasteiger partial charge in [-0.2, -0.15) is 0 Å². The molecule has 0 spiro atoms. The second-order valence-electron chi connectivity index (χ2n) is 4.42. The molecule has 0 N–H and O–H groups in total. The maximum Gasteiger partial charge on any atom is 1.00 e. The van der Waals surface area contributed by atoms with E-state index < -0.39 is 12.4 Å². The number of hydrogen-bond acceptors (Lipinski definition) is 3. The van der Waals surface area contributed by atoms with Crippen LogP contribution in [-0.2, 0) is 4.74 Å². The van der Waals surface area contributed by atoms with E-state index in [4.69, 9.17) is 9.47 Å². The van der Waals surface area contributed by atoms with Gasteiger partial charge in [0, 0.05) is 19.6 Å². The van der Waals surface area contributed by atoms with E-state index in [0.29, 0.717) is 19.8 Å². The molecule has 20 heavy (non-hydrogen) atoms. The number of hydrogen-bond donors (Lipinski definition) is 0. The quantitative estimate of drug-likeness (QED) is 0.615. The molecule has 0 bridgehead atoms. The summed E-state index contributed by atoms with van der Waals surface area (Å²) in [7, 11) is 0. The number of nitrogens with zero attached hydrogens (tertiary/aromatic N) is 1. The molecule has 2 rings (SSSR count). The first kappa shape index (κ1) is 18.5. The van der Waals surface area contributed by atoms with Gasteiger partial charge < -0.3 is 22.4 Å². The molecule has 3 nitrogen and oxygen atoms in total. The standard InChI is InChI=1S/C12H16BF3NO2.K/c14-13(15,16)11-3-1-2-4-12(11)19-10-7-17-5-8-18-9-6-17;/h1-4H,5-10H2;/q-1;+1. The Morgan fingerprint density at radius 2 is 1.80 bits per heavy atom. The Morgan fingerprint density at radius 3 is 2.45 bits per heavy atom. The van der Waals surface area contributed by atoms with Crippen molar-refractivity contribution in [2.24, 2.45) is 0 Å². The third-order valence-electron chi connectivity index (χ3n) is 3.04. The molecule has 1 aromatic carbocycles. The molecule has 0 radical (unpaired) electrons. The van der Waals surface area contributed by atoms with Gasteiger partial charge in [-0.05, 0) is 6.07 Å². The Kier molecular flexibility index (Phi) is 8.11. The molecule has 0 atom stereocenters. The van der Waals surface area contributed by atoms with Gasteiger partial charge in [-0.3, -0.25) is 4.90 Å². The van der Waals surface area contributed by atoms with Crippen molar-refractivity contribution in [3.63, 3.8) is 0 Å². The fourth-order valence-corrected chi connectivity index (χ4v) is 1.99. The maximum absolute atomic E-state index is 12.8. The summed E-state index contributed by atoms with van der Waals surface area (Å²) in [6.07, 6.45) is 0. The van der Waals surface area contributed by atoms with E-state index >= 15 is 0 Å². The van der Waals surface area contributed by atoms with Crippen LogP contribution in [0, 0.1) is 0 Å². The maximum atomic E-state index is 12.8. The fraction of sp³-hybridized carbons (Fsp3) is 0.500. The number of para-hydroxylation sites is 1. The Hall–Kier alpha value is 0.431. The second-order valence-corrected chi connectivity index (χ2v) is 4.42. The van der Waals surface area contributed by atoms with Gasteiger partial charge in [0.15, 0.2) is 0 Å². The molecule has 1 aromatic rings. The molecular formula is C12H16BF3KNO2. The summed E-state index contributed by atoms with van der Waals surface area (Å²) >= 11 is 0. The van der Waals surface area contributed by atoms with Crippen LogP contribution >= 0.6 is 0 Å². The third kappa shape index (κ3) is 5.67. The molecule has 1 aliphatic heterocycles. The fourth-order valence-electron chi connectivity index (χ4n) is 1.99. The average Bonchev–Trinajstić information content (AvgIpc) is 2.39. The summed E-state index contributed by atoms with van der Waals surface area (Å²) in [6.45, 7) is -1.23. The summed E-state index contributed by atoms with van der Waals surface area (Å²) in [5.74, 6) is -0.0803. The van der Waals surface area contributed by atoms with Crippen molar-refractivity contribution in [3.8, 4) is 5.75 Å². The van der Waals surface area contributed by atoms with Crippen LogP contribution in [0.2, 0.25) is 0 Å². The van der Waals surface area contributed by atoms with E-state index in [2.05, 4.69) is 4.90 Å². The molecule has 1 heterocycles. The van der Waals surface area contributed by atoms with E-state index in [-0.39, 0.29) is 63.7 Å². The van der Waals surface area contributed by atoms with Crippen LogP contribution in [0.3, 0.4) is 0 Å². The van der Waals surface area contributed by atoms with Crippen molar-refractivity contribution in [2.75, 3.05) is 39.5 Å². The van der Waals surface area contributed by atoms with Crippen LogP contribution < -0.4 is 61.6 Å². The molecule has 1 saturated heterocycles. The van der Waals surface area contributed by atoms with Gasteiger partial charge in [0.25, 0.3) is 0 Å². The zero-order valence-corrected chi connectivity index (χ0v) is 14.7. The van der Waals surface area contributed by atoms with Crippen molar-refractivity contribution in [3.05, 3.63) is 24.3 Å². The number of benzene rings is 1. The van der Waals surface area contributed by atoms with Crippen molar-refractivity contribution in [1.82, 2.24) is 4.90 Å². The van der Waals surface area contributed by atoms with Crippen LogP contribution in [-0.4, -0.2) is 51.3 Å². The Balaban J connectivity index is 0.00000200. The summed E-state index contributed by atoms with van der Waals surface area (Å²) < 4.78 is 48.8. The molecule has 0 aliphatic carbocycles. The number of morpholine rings is 1. The summed E-state index contributed by atoms with van der Waals surface area (Å²) in [5.41, 5.74) is -0.663. The first-order valence-corrected chi connectivity index (χ1v) is 6.29. The predicted molar refractivity (Wildman–Crippen MR) is 67.9 cm³/mol. The summed E-state index contributed by atoms with van der Waals surface area (Å²) in [4.78, 5) is 2.12. The first-order chi connectivity index (χ1) is 9.07. The van der Waals surface area contributed by atoms with Gasteiger partial charge in [-0.15, -0.1) is 0 Å². The normalized spacial score (nSPS) is 16.6. The summed E-state index contributed by atoms with van der Waals surface area (Å²) in [6, 6.07) is 5.35. The van der Waals surface area contributed by atoms with Crippen molar-refractivity contribution >= 4 is 12.4 Å². The number of rotatable bonds is 5. The van der Waals surface area contributed by atoms with Gasteiger partial charge in [0.2, 0.25) is 0 Å². The van der Waals surface area contributed by atoms with Gasteiger partial charge in [0.05, 0.1) is 19.0 Å². The summed E-state index contributed by atoms with van der Waals surface area (Å²) in [5, 5.41) is 0. The first-order valence-electron chi connectivity index (χ1n) is 6.29. The van der Waals surface area contributed by atoms with Crippen LogP contribution in [0.15, 0.2) is 24.3 Å². The largest absolute Gasteiger partial charge is 1.00 e. The monoisotopic (exact) mass is 313 g/mol. The van der Waals surface area contributed by atoms with Crippen molar-refractivity contribution in [1.29, 1.82) is 0 Å². The van der Waals surface area contributed by atoms with E-state index in [1.807, 2.05) is 0 Å². The van der Waals surface area contributed by atoms with Crippen LogP contribution in [0.25, 0.3) is 0 Å². The third-order valence-corrected chi connectivity index (χ3v) is 3.04. The van der Waals surface area contributed by atoms with Crippen LogP contribution in [0.4, 0.5) is 12.9 Å². The Labute approximate surface area is 159 Å². The zero-order chi connectivity index (χ0) is 13.7. The minimum atomic E-state index is -5.03. The second kappa shape index (κ2) is 8.77. The van der Waals surface area contributed by atoms with E-state index in [0.717, 1.165) is 19.2 Å². The molecule has 106 valence electrons. The van der Waals surface area contributed by atoms with Crippen molar-refractivity contribution in [2.45, 2.75) is 0 Å². The minimum Gasteiger partial charge on any atom is -0.495 e. The van der Waals surface area contributed by atoms with Gasteiger partial charge >= 0.3 is 58.4 Å². The molecule has 0 unspecified atom stereocenters. The molecule has 0 aromatic heterocycles. The van der Waals surface area contributed by atoms with E-state index in [1.54, 1.807) is 6.07 Å². The van der Waals surface area contributed by atoms with E-state index in [1.165, 1.54) is 12.1 Å². The Morgan fingerprint density at radius 1 is 1.15 bits per heavy atom. The number of ether oxygens (including phenoxy) is 2. The van der Waals surface area contributed by atoms with Crippen LogP contribution in [0.5, 0.6) is 5.75 Å². The molecule has 1 fully saturated rings. The van der Waals surface area contributed by atoms with Gasteiger partial charge in [-0.25, -0.2) is 0 Å². The molecule has 0 saturated carbocycles. The van der Waals surface area contributed by atoms with Crippen molar-refractivity contribution < 1.29 is 73.8 Å². The Bertz CT molecular complexity index is 414. The van der Waals surface area contributed by atoms with E-state index in [9.17, 15) is 12.9 Å². The molecule has 8 heteroatoms. The average molecular weight is 313 g/mol. The van der Waals surface area contributed by atoms with Gasteiger partial charge in [0.1, 0.15) is 6.61 Å². The SMILES string of the molecule is F[B-](F)(F)c1ccccc1OCCN1CCOCC1.[K+]. The van der Waals surface area contributed by atoms with Gasteiger partial charge in [-0.1, -0.05) is 23.7 Å². The smallest absolute Gasteiger partial charge is 0.495 e. The molecular weight excluding hydrogens is 297 g/mol. The molecule has 0 amide bonds.